The highest BCUT2D eigenvalue weighted by Gasteiger charge is 2.65. The van der Waals surface area contributed by atoms with E-state index in [1.165, 1.54) is 38.2 Å². The SMILES string of the molecule is COC(=O)C1C2c3ccccc3C(CCCCN3C(=O)c4ccc5c6c(Br)cc7c8c(ccc(c9c(Br)cc(c4c59)C3=O)c86)C(=O)N(CCCCC34c5ccccc5C(c5ccccc53)C(C(=O)OC)C4C(=O)OC)C7=O)(c3ccccc32)C1C(=O)OC. The van der Waals surface area contributed by atoms with Gasteiger partial charge in [0.1, 0.15) is 0 Å². The van der Waals surface area contributed by atoms with Crippen LogP contribution < -0.4 is 0 Å². The van der Waals surface area contributed by atoms with Gasteiger partial charge in [-0.3, -0.25) is 48.2 Å². The van der Waals surface area contributed by atoms with Crippen LogP contribution in [0.15, 0.2) is 142 Å². The van der Waals surface area contributed by atoms with E-state index in [1.807, 2.05) is 109 Å². The Morgan fingerprint density at radius 2 is 0.716 bits per heavy atom. The summed E-state index contributed by atoms with van der Waals surface area (Å²) in [6, 6.07) is 42.5. The van der Waals surface area contributed by atoms with Gasteiger partial charge >= 0.3 is 23.9 Å². The number of imide groups is 2. The normalized spacial score (nSPS) is 23.3. The number of nitrogens with zero attached hydrogens (tertiary/aromatic N) is 2. The van der Waals surface area contributed by atoms with Crippen molar-refractivity contribution in [2.24, 2.45) is 23.7 Å². The molecule has 4 unspecified atom stereocenters. The molecule has 0 spiro atoms. The molecule has 4 bridgehead atoms. The molecular weight excluding hydrogens is 1240 g/mol. The molecule has 2 heterocycles. The maximum Gasteiger partial charge on any atom is 0.310 e. The van der Waals surface area contributed by atoms with Gasteiger partial charge < -0.3 is 18.9 Å². The number of methoxy groups -OCH3 is 4. The predicted molar refractivity (Wildman–Crippen MR) is 335 cm³/mol. The number of amides is 4. The van der Waals surface area contributed by atoms with E-state index in [0.717, 1.165) is 66.1 Å². The Bertz CT molecular complexity index is 4260. The summed E-state index contributed by atoms with van der Waals surface area (Å²) in [7, 11) is 5.35. The Morgan fingerprint density at radius 1 is 0.398 bits per heavy atom. The first-order valence-corrected chi connectivity index (χ1v) is 31.3. The molecule has 4 amide bonds. The Hall–Kier alpha value is -8.60. The van der Waals surface area contributed by atoms with E-state index < -0.39 is 93.8 Å². The van der Waals surface area contributed by atoms with E-state index in [9.17, 15) is 38.4 Å². The summed E-state index contributed by atoms with van der Waals surface area (Å²) in [6.45, 7) is 0.168. The largest absolute Gasteiger partial charge is 0.469 e. The standard InChI is InChI=1S/C72H56Br2N2O12/c1-85-67(81)59-51-35-17-5-9-21-45(35)71(61(59)69(83)87-3,46-22-10-6-18-36(46)51)29-13-15-31-75-63(77)41-27-25-39-56-50(74)34-44-54-42(28-26-40(58(54)56)55-49(73)33-43(65(75)79)53(41)57(39)55)64(78)76(66(44)80)32-16-14-30-72-47-23-11-7-19-37(47)52(38-20-8-12-24-48(38)72)60(68(82)86-2)62(72)70(84)88-4/h5-12,17-28,33-34,51-52,59-62H,13-16,29-32H2,1-4H3. The molecule has 88 heavy (non-hydrogen) atoms. The van der Waals surface area contributed by atoms with Gasteiger partial charge in [0.15, 0.2) is 0 Å². The fourth-order valence-corrected chi connectivity index (χ4v) is 18.9. The number of fused-ring (bicyclic) bond motifs is 4. The zero-order valence-electron chi connectivity index (χ0n) is 48.4. The van der Waals surface area contributed by atoms with Crippen molar-refractivity contribution in [1.82, 2.24) is 9.80 Å². The second-order valence-electron chi connectivity index (χ2n) is 24.2. The van der Waals surface area contributed by atoms with Gasteiger partial charge in [-0.05, 0) is 105 Å². The number of halogens is 2. The Kier molecular flexibility index (Phi) is 13.0. The Morgan fingerprint density at radius 3 is 1.05 bits per heavy atom. The number of unbranched alkanes of at least 4 members (excludes halogenated alkanes) is 2. The van der Waals surface area contributed by atoms with E-state index >= 15 is 0 Å². The fraction of sp³-hybridized carbons (Fsp3) is 0.278. The average molecular weight is 1300 g/mol. The van der Waals surface area contributed by atoms with E-state index in [4.69, 9.17) is 18.9 Å². The maximum atomic E-state index is 15.0. The molecule has 9 aromatic carbocycles. The van der Waals surface area contributed by atoms with E-state index in [0.29, 0.717) is 91.3 Å². The van der Waals surface area contributed by atoms with Crippen molar-refractivity contribution in [2.75, 3.05) is 41.5 Å². The summed E-state index contributed by atoms with van der Waals surface area (Å²) >= 11 is 7.75. The number of hydrogen-bond donors (Lipinski definition) is 0. The molecule has 0 saturated carbocycles. The van der Waals surface area contributed by atoms with Crippen LogP contribution >= 0.6 is 31.9 Å². The highest BCUT2D eigenvalue weighted by molar-refractivity contribution is 9.11. The van der Waals surface area contributed by atoms with Crippen molar-refractivity contribution in [1.29, 1.82) is 0 Å². The highest BCUT2D eigenvalue weighted by atomic mass is 79.9. The lowest BCUT2D eigenvalue weighted by Crippen LogP contribution is -2.57. The lowest BCUT2D eigenvalue weighted by molar-refractivity contribution is -0.163. The van der Waals surface area contributed by atoms with Crippen molar-refractivity contribution in [3.63, 3.8) is 0 Å². The van der Waals surface area contributed by atoms with Gasteiger partial charge in [-0.1, -0.05) is 154 Å². The maximum absolute atomic E-state index is 15.0. The topological polar surface area (TPSA) is 180 Å². The predicted octanol–water partition coefficient (Wildman–Crippen LogP) is 12.8. The second kappa shape index (κ2) is 20.5. The Labute approximate surface area is 522 Å². The summed E-state index contributed by atoms with van der Waals surface area (Å²) in [5, 5.41) is 5.30. The zero-order valence-corrected chi connectivity index (χ0v) is 51.5. The monoisotopic (exact) mass is 1300 g/mol. The lowest BCUT2D eigenvalue weighted by Gasteiger charge is -2.56. The van der Waals surface area contributed by atoms with Crippen molar-refractivity contribution in [2.45, 2.75) is 61.2 Å². The molecule has 17 rings (SSSR count). The van der Waals surface area contributed by atoms with E-state index in [1.54, 1.807) is 24.3 Å². The number of ether oxygens (including phenoxy) is 4. The van der Waals surface area contributed by atoms with Crippen LogP contribution in [0.2, 0.25) is 0 Å². The first-order chi connectivity index (χ1) is 42.7. The average Bonchev–Trinajstić information content (AvgIpc) is 0.766. The minimum Gasteiger partial charge on any atom is -0.469 e. The number of esters is 4. The molecule has 440 valence electrons. The smallest absolute Gasteiger partial charge is 0.310 e. The Balaban J connectivity index is 0.730. The summed E-state index contributed by atoms with van der Waals surface area (Å²) in [5.41, 5.74) is 7.10. The third-order valence-corrected chi connectivity index (χ3v) is 22.0. The third kappa shape index (κ3) is 7.26. The summed E-state index contributed by atoms with van der Waals surface area (Å²) in [4.78, 5) is 118. The first-order valence-electron chi connectivity index (χ1n) is 29.7. The van der Waals surface area contributed by atoms with Crippen molar-refractivity contribution in [3.8, 4) is 0 Å². The third-order valence-electron chi connectivity index (χ3n) is 20.8. The van der Waals surface area contributed by atoms with Crippen LogP contribution in [0.4, 0.5) is 0 Å². The molecule has 0 N–H and O–H groups in total. The number of carbonyl (C=O) groups excluding carboxylic acids is 8. The molecule has 0 fully saturated rings. The van der Waals surface area contributed by atoms with Crippen molar-refractivity contribution < 1.29 is 57.3 Å². The van der Waals surface area contributed by atoms with E-state index in [-0.39, 0.29) is 13.1 Å². The van der Waals surface area contributed by atoms with Crippen LogP contribution in [0.25, 0.3) is 43.1 Å². The van der Waals surface area contributed by atoms with Crippen LogP contribution in [0.3, 0.4) is 0 Å². The highest BCUT2D eigenvalue weighted by Crippen LogP contribution is 2.66. The van der Waals surface area contributed by atoms with Crippen LogP contribution in [0.5, 0.6) is 0 Å². The van der Waals surface area contributed by atoms with Gasteiger partial charge in [0.2, 0.25) is 0 Å². The second-order valence-corrected chi connectivity index (χ2v) is 25.9. The number of carbonyl (C=O) groups is 8. The summed E-state index contributed by atoms with van der Waals surface area (Å²) in [5.74, 6) is -8.10. The molecule has 2 aliphatic heterocycles. The quantitative estimate of drug-likeness (QED) is 0.0251. The molecule has 6 aliphatic carbocycles. The molecule has 14 nitrogen and oxygen atoms in total. The van der Waals surface area contributed by atoms with Crippen molar-refractivity contribution in [3.05, 3.63) is 209 Å². The van der Waals surface area contributed by atoms with E-state index in [2.05, 4.69) is 31.9 Å². The minimum absolute atomic E-state index is 0.0842. The van der Waals surface area contributed by atoms with Crippen LogP contribution in [-0.2, 0) is 49.0 Å². The number of rotatable bonds is 14. The van der Waals surface area contributed by atoms with Gasteiger partial charge in [0.25, 0.3) is 23.6 Å². The van der Waals surface area contributed by atoms with Crippen LogP contribution in [0.1, 0.15) is 136 Å². The van der Waals surface area contributed by atoms with Gasteiger partial charge in [0.05, 0.1) is 52.1 Å². The first kappa shape index (κ1) is 55.9. The molecule has 9 aromatic rings. The number of benzene rings is 9. The summed E-state index contributed by atoms with van der Waals surface area (Å²) < 4.78 is 23.0. The molecule has 4 atom stereocenters. The fourth-order valence-electron chi connectivity index (χ4n) is 17.6. The van der Waals surface area contributed by atoms with Crippen molar-refractivity contribution >= 4 is 122 Å². The number of hydrogen-bond acceptors (Lipinski definition) is 12. The van der Waals surface area contributed by atoms with Gasteiger partial charge in [0, 0.05) is 99.3 Å². The van der Waals surface area contributed by atoms with Gasteiger partial charge in [-0.25, -0.2) is 0 Å². The van der Waals surface area contributed by atoms with Gasteiger partial charge in [-0.15, -0.1) is 0 Å². The lowest BCUT2D eigenvalue weighted by atomic mass is 9.45. The minimum atomic E-state index is -0.975. The zero-order chi connectivity index (χ0) is 61.0. The molecule has 16 heteroatoms. The molecule has 0 aromatic heterocycles. The molecule has 8 aliphatic rings. The summed E-state index contributed by atoms with van der Waals surface area (Å²) in [6.07, 6.45) is 2.55. The molecule has 0 saturated heterocycles. The van der Waals surface area contributed by atoms with Crippen LogP contribution in [0, 0.1) is 23.7 Å². The molecular formula is C72H56Br2N2O12. The molecule has 0 radical (unpaired) electrons. The van der Waals surface area contributed by atoms with Gasteiger partial charge in [-0.2, -0.15) is 0 Å². The van der Waals surface area contributed by atoms with Crippen LogP contribution in [-0.4, -0.2) is 98.8 Å².